The Balaban J connectivity index is 0.00000300. The van der Waals surface area contributed by atoms with Gasteiger partial charge in [0.1, 0.15) is 12.2 Å². The van der Waals surface area contributed by atoms with Gasteiger partial charge >= 0.3 is 0 Å². The maximum atomic E-state index is 11.7. The maximum absolute atomic E-state index is 11.7. The largest absolute Gasteiger partial charge is 0.381 e. The number of likely N-dealkylation sites (tertiary alicyclic amines) is 1. The predicted molar refractivity (Wildman–Crippen MR) is 122 cm³/mol. The molecule has 1 unspecified atom stereocenters. The van der Waals surface area contributed by atoms with Crippen LogP contribution in [0.3, 0.4) is 0 Å². The molecule has 0 saturated carbocycles. The lowest BCUT2D eigenvalue weighted by atomic mass is 10.1. The summed E-state index contributed by atoms with van der Waals surface area (Å²) in [5.74, 6) is 2.61. The van der Waals surface area contributed by atoms with E-state index < -0.39 is 0 Å². The number of hydrogen-bond donors (Lipinski definition) is 2. The summed E-state index contributed by atoms with van der Waals surface area (Å²) in [5.41, 5.74) is 0. The molecule has 1 aromatic rings. The fraction of sp³-hybridized carbons (Fsp3) is 0.789. The van der Waals surface area contributed by atoms with Gasteiger partial charge in [-0.2, -0.15) is 0 Å². The van der Waals surface area contributed by atoms with Crippen LogP contribution in [0.5, 0.6) is 0 Å². The smallest absolute Gasteiger partial charge is 0.222 e. The highest BCUT2D eigenvalue weighted by Gasteiger charge is 2.19. The molecule has 0 aliphatic carbocycles. The highest BCUT2D eigenvalue weighted by atomic mass is 127. The predicted octanol–water partition coefficient (Wildman–Crippen LogP) is 1.04. The number of aromatic nitrogens is 3. The fourth-order valence-electron chi connectivity index (χ4n) is 3.57. The summed E-state index contributed by atoms with van der Waals surface area (Å²) in [6.07, 6.45) is 6.34. The van der Waals surface area contributed by atoms with Gasteiger partial charge in [0.15, 0.2) is 5.96 Å². The van der Waals surface area contributed by atoms with Gasteiger partial charge in [0.25, 0.3) is 0 Å². The summed E-state index contributed by atoms with van der Waals surface area (Å²) < 4.78 is 7.51. The molecule has 2 aliphatic heterocycles. The highest BCUT2D eigenvalue weighted by molar-refractivity contribution is 14.0. The average Bonchev–Trinajstić information content (AvgIpc) is 3.45. The number of ether oxygens (including phenoxy) is 1. The molecule has 0 spiro atoms. The Bertz CT molecular complexity index is 646. The van der Waals surface area contributed by atoms with Crippen LogP contribution in [-0.4, -0.2) is 77.5 Å². The molecule has 0 bridgehead atoms. The molecule has 3 rings (SSSR count). The minimum Gasteiger partial charge on any atom is -0.381 e. The lowest BCUT2D eigenvalue weighted by Gasteiger charge is -2.17. The zero-order chi connectivity index (χ0) is 19.6. The van der Waals surface area contributed by atoms with Crippen molar-refractivity contribution in [1.29, 1.82) is 0 Å². The molecular formula is C19H34IN7O2. The van der Waals surface area contributed by atoms with Crippen molar-refractivity contribution in [1.82, 2.24) is 30.3 Å². The van der Waals surface area contributed by atoms with E-state index in [-0.39, 0.29) is 29.9 Å². The number of aliphatic imine (C=N–C) groups is 1. The molecule has 9 nitrogen and oxygen atoms in total. The third kappa shape index (κ3) is 7.72. The molecule has 3 heterocycles. The van der Waals surface area contributed by atoms with Crippen molar-refractivity contribution >= 4 is 35.8 Å². The van der Waals surface area contributed by atoms with Crippen LogP contribution in [0.25, 0.3) is 0 Å². The number of nitrogens with one attached hydrogen (secondary N) is 2. The van der Waals surface area contributed by atoms with Crippen LogP contribution in [0.2, 0.25) is 0 Å². The molecule has 1 atom stereocenters. The van der Waals surface area contributed by atoms with Gasteiger partial charge in [-0.3, -0.25) is 9.79 Å². The first kappa shape index (κ1) is 23.8. The number of halogens is 1. The zero-order valence-corrected chi connectivity index (χ0v) is 19.6. The molecule has 2 N–H and O–H groups in total. The first-order valence-corrected chi connectivity index (χ1v) is 10.5. The first-order chi connectivity index (χ1) is 13.8. The second-order valence-electron chi connectivity index (χ2n) is 7.40. The Labute approximate surface area is 190 Å². The number of aryl methyl sites for hydroxylation is 1. The number of hydrogen-bond acceptors (Lipinski definition) is 5. The SMILES string of the molecule is CCc1nncn1CCNC(=NCC1CCOC1)NCCCN1CCCC1=O.I. The standard InChI is InChI=1S/C19H33N7O2.HI/c1-2-17-24-23-15-26(17)11-8-21-19(22-13-16-6-12-28-14-16)20-7-4-10-25-9-3-5-18(25)27;/h15-16H,2-14H2,1H3,(H2,20,21,22);1H. The minimum atomic E-state index is 0. The van der Waals surface area contributed by atoms with Gasteiger partial charge in [0.2, 0.25) is 5.91 Å². The topological polar surface area (TPSA) is 96.7 Å². The molecule has 0 radical (unpaired) electrons. The summed E-state index contributed by atoms with van der Waals surface area (Å²) in [5, 5.41) is 14.9. The van der Waals surface area contributed by atoms with E-state index in [1.807, 2.05) is 4.90 Å². The third-order valence-electron chi connectivity index (χ3n) is 5.26. The Morgan fingerprint density at radius 1 is 1.34 bits per heavy atom. The Morgan fingerprint density at radius 2 is 2.21 bits per heavy atom. The van der Waals surface area contributed by atoms with Gasteiger partial charge in [-0.15, -0.1) is 34.2 Å². The summed E-state index contributed by atoms with van der Waals surface area (Å²) in [6.45, 7) is 8.55. The van der Waals surface area contributed by atoms with Crippen LogP contribution < -0.4 is 10.6 Å². The van der Waals surface area contributed by atoms with Crippen LogP contribution in [0.15, 0.2) is 11.3 Å². The second kappa shape index (κ2) is 13.0. The number of guanidine groups is 1. The van der Waals surface area contributed by atoms with Crippen LogP contribution in [0.4, 0.5) is 0 Å². The van der Waals surface area contributed by atoms with Crippen LogP contribution in [0, 0.1) is 5.92 Å². The number of amides is 1. The first-order valence-electron chi connectivity index (χ1n) is 10.5. The minimum absolute atomic E-state index is 0. The van der Waals surface area contributed by atoms with Crippen molar-refractivity contribution in [3.8, 4) is 0 Å². The molecule has 2 aliphatic rings. The van der Waals surface area contributed by atoms with Crippen LogP contribution in [0.1, 0.15) is 38.4 Å². The lowest BCUT2D eigenvalue weighted by Crippen LogP contribution is -2.40. The van der Waals surface area contributed by atoms with Crippen molar-refractivity contribution in [3.63, 3.8) is 0 Å². The number of rotatable bonds is 10. The summed E-state index contributed by atoms with van der Waals surface area (Å²) in [6, 6.07) is 0. The van der Waals surface area contributed by atoms with Crippen LogP contribution >= 0.6 is 24.0 Å². The van der Waals surface area contributed by atoms with E-state index in [0.29, 0.717) is 12.3 Å². The molecule has 0 aromatic carbocycles. The summed E-state index contributed by atoms with van der Waals surface area (Å²) in [7, 11) is 0. The molecule has 164 valence electrons. The van der Waals surface area contributed by atoms with E-state index in [0.717, 1.165) is 89.9 Å². The average molecular weight is 519 g/mol. The van der Waals surface area contributed by atoms with Crippen molar-refractivity contribution in [2.24, 2.45) is 10.9 Å². The molecule has 1 amide bonds. The van der Waals surface area contributed by atoms with E-state index in [9.17, 15) is 4.79 Å². The van der Waals surface area contributed by atoms with E-state index in [4.69, 9.17) is 9.73 Å². The van der Waals surface area contributed by atoms with Gasteiger partial charge in [0.05, 0.1) is 6.61 Å². The maximum Gasteiger partial charge on any atom is 0.222 e. The zero-order valence-electron chi connectivity index (χ0n) is 17.3. The quantitative estimate of drug-likeness (QED) is 0.208. The molecular weight excluding hydrogens is 485 g/mol. The number of carbonyl (C=O) groups is 1. The Morgan fingerprint density at radius 3 is 2.93 bits per heavy atom. The van der Waals surface area contributed by atoms with Crippen molar-refractivity contribution < 1.29 is 9.53 Å². The van der Waals surface area contributed by atoms with Gasteiger partial charge in [-0.05, 0) is 19.3 Å². The molecule has 2 fully saturated rings. The summed E-state index contributed by atoms with van der Waals surface area (Å²) in [4.78, 5) is 18.4. The van der Waals surface area contributed by atoms with Gasteiger partial charge < -0.3 is 24.8 Å². The van der Waals surface area contributed by atoms with E-state index >= 15 is 0 Å². The molecule has 29 heavy (non-hydrogen) atoms. The highest BCUT2D eigenvalue weighted by Crippen LogP contribution is 2.12. The molecule has 1 aromatic heterocycles. The van der Waals surface area contributed by atoms with Crippen LogP contribution in [-0.2, 0) is 22.5 Å². The Kier molecular flexibility index (Phi) is 10.7. The lowest BCUT2D eigenvalue weighted by molar-refractivity contribution is -0.127. The van der Waals surface area contributed by atoms with E-state index in [1.54, 1.807) is 6.33 Å². The van der Waals surface area contributed by atoms with E-state index in [1.165, 1.54) is 0 Å². The van der Waals surface area contributed by atoms with Crippen molar-refractivity contribution in [2.75, 3.05) is 45.9 Å². The van der Waals surface area contributed by atoms with E-state index in [2.05, 4.69) is 32.3 Å². The fourth-order valence-corrected chi connectivity index (χ4v) is 3.57. The second-order valence-corrected chi connectivity index (χ2v) is 7.40. The van der Waals surface area contributed by atoms with Gasteiger partial charge in [-0.25, -0.2) is 0 Å². The Hall–Kier alpha value is -1.43. The normalized spacial score (nSPS) is 19.5. The molecule has 2 saturated heterocycles. The monoisotopic (exact) mass is 519 g/mol. The summed E-state index contributed by atoms with van der Waals surface area (Å²) >= 11 is 0. The molecule has 10 heteroatoms. The third-order valence-corrected chi connectivity index (χ3v) is 5.26. The van der Waals surface area contributed by atoms with Crippen molar-refractivity contribution in [3.05, 3.63) is 12.2 Å². The van der Waals surface area contributed by atoms with Gasteiger partial charge in [-0.1, -0.05) is 6.92 Å². The van der Waals surface area contributed by atoms with Gasteiger partial charge in [0, 0.05) is 64.6 Å². The number of carbonyl (C=O) groups excluding carboxylic acids is 1. The number of nitrogens with zero attached hydrogens (tertiary/aromatic N) is 5. The van der Waals surface area contributed by atoms with Crippen molar-refractivity contribution in [2.45, 2.75) is 45.6 Å².